The van der Waals surface area contributed by atoms with E-state index in [-0.39, 0.29) is 22.6 Å². The molecule has 6 nitrogen and oxygen atoms in total. The Kier molecular flexibility index (Phi) is 8.73. The first-order chi connectivity index (χ1) is 15.3. The van der Waals surface area contributed by atoms with Gasteiger partial charge in [-0.2, -0.15) is 4.31 Å². The number of hydrogen-bond acceptors (Lipinski definition) is 5. The van der Waals surface area contributed by atoms with Gasteiger partial charge in [0.15, 0.2) is 0 Å². The number of aromatic nitrogens is 1. The number of pyridine rings is 1. The molecule has 0 N–H and O–H groups in total. The standard InChI is InChI=1S/C24H33N3O3S2/c1-4-19-10-12-20(13-11-19)17-26(2)24(28)18-31-23-15-14-22(16-25-23)32(29,30)27(3)21-8-6-5-7-9-21/h10-16,21H,4-9,17-18H2,1-3H3. The van der Waals surface area contributed by atoms with Crippen LogP contribution in [0.4, 0.5) is 0 Å². The number of rotatable bonds is 9. The van der Waals surface area contributed by atoms with Crippen molar-refractivity contribution in [2.75, 3.05) is 19.8 Å². The molecule has 3 rings (SSSR count). The van der Waals surface area contributed by atoms with Crippen LogP contribution in [0.5, 0.6) is 0 Å². The topological polar surface area (TPSA) is 70.6 Å². The van der Waals surface area contributed by atoms with Gasteiger partial charge in [0.2, 0.25) is 15.9 Å². The van der Waals surface area contributed by atoms with E-state index in [2.05, 4.69) is 36.2 Å². The Hall–Kier alpha value is -1.90. The molecule has 8 heteroatoms. The minimum absolute atomic E-state index is 0.00472. The lowest BCUT2D eigenvalue weighted by Gasteiger charge is -2.30. The number of carbonyl (C=O) groups is 1. The summed E-state index contributed by atoms with van der Waals surface area (Å²) in [6, 6.07) is 11.6. The highest BCUT2D eigenvalue weighted by atomic mass is 32.2. The van der Waals surface area contributed by atoms with Crippen molar-refractivity contribution in [3.63, 3.8) is 0 Å². The van der Waals surface area contributed by atoms with Crippen molar-refractivity contribution in [1.29, 1.82) is 0 Å². The van der Waals surface area contributed by atoms with Gasteiger partial charge in [0.1, 0.15) is 4.90 Å². The van der Waals surface area contributed by atoms with Crippen LogP contribution in [0.15, 0.2) is 52.5 Å². The number of nitrogens with zero attached hydrogens (tertiary/aromatic N) is 3. The Balaban J connectivity index is 1.53. The smallest absolute Gasteiger partial charge is 0.244 e. The normalized spacial score (nSPS) is 15.1. The molecule has 174 valence electrons. The first-order valence-electron chi connectivity index (χ1n) is 11.2. The lowest BCUT2D eigenvalue weighted by molar-refractivity contribution is -0.127. The predicted molar refractivity (Wildman–Crippen MR) is 129 cm³/mol. The van der Waals surface area contributed by atoms with Gasteiger partial charge >= 0.3 is 0 Å². The first kappa shape index (κ1) is 24.7. The highest BCUT2D eigenvalue weighted by molar-refractivity contribution is 7.99. The Morgan fingerprint density at radius 1 is 1.03 bits per heavy atom. The molecule has 1 aliphatic carbocycles. The maximum Gasteiger partial charge on any atom is 0.244 e. The lowest BCUT2D eigenvalue weighted by Crippen LogP contribution is -2.38. The van der Waals surface area contributed by atoms with Crippen molar-refractivity contribution in [2.45, 2.75) is 68.0 Å². The number of hydrogen-bond donors (Lipinski definition) is 0. The van der Waals surface area contributed by atoms with E-state index in [1.54, 1.807) is 31.1 Å². The van der Waals surface area contributed by atoms with Crippen LogP contribution in [-0.4, -0.2) is 54.4 Å². The molecule has 1 fully saturated rings. The lowest BCUT2D eigenvalue weighted by atomic mass is 9.96. The van der Waals surface area contributed by atoms with Crippen molar-refractivity contribution in [1.82, 2.24) is 14.2 Å². The van der Waals surface area contributed by atoms with Gasteiger partial charge in [-0.25, -0.2) is 13.4 Å². The molecule has 1 heterocycles. The summed E-state index contributed by atoms with van der Waals surface area (Å²) in [5.74, 6) is 0.259. The molecular weight excluding hydrogens is 442 g/mol. The summed E-state index contributed by atoms with van der Waals surface area (Å²) >= 11 is 1.32. The minimum atomic E-state index is -3.55. The molecular formula is C24H33N3O3S2. The molecule has 0 unspecified atom stereocenters. The summed E-state index contributed by atoms with van der Waals surface area (Å²) < 4.78 is 27.4. The quantitative estimate of drug-likeness (QED) is 0.504. The SMILES string of the molecule is CCc1ccc(CN(C)C(=O)CSc2ccc(S(=O)(=O)N(C)C3CCCCC3)cn2)cc1. The fourth-order valence-electron chi connectivity index (χ4n) is 3.90. The van der Waals surface area contributed by atoms with E-state index < -0.39 is 10.0 Å². The molecule has 0 atom stereocenters. The van der Waals surface area contributed by atoms with E-state index in [1.807, 2.05) is 0 Å². The molecule has 0 saturated heterocycles. The van der Waals surface area contributed by atoms with Crippen LogP contribution in [0.25, 0.3) is 0 Å². The van der Waals surface area contributed by atoms with E-state index in [0.717, 1.165) is 37.7 Å². The highest BCUT2D eigenvalue weighted by Gasteiger charge is 2.29. The average molecular weight is 476 g/mol. The van der Waals surface area contributed by atoms with Crippen LogP contribution in [0.1, 0.15) is 50.2 Å². The first-order valence-corrected chi connectivity index (χ1v) is 13.6. The molecule has 1 aromatic carbocycles. The zero-order valence-corrected chi connectivity index (χ0v) is 20.8. The molecule has 0 bridgehead atoms. The van der Waals surface area contributed by atoms with Crippen molar-refractivity contribution < 1.29 is 13.2 Å². The summed E-state index contributed by atoms with van der Waals surface area (Å²) in [5.41, 5.74) is 2.37. The second-order valence-electron chi connectivity index (χ2n) is 8.35. The molecule has 1 saturated carbocycles. The van der Waals surface area contributed by atoms with E-state index in [4.69, 9.17) is 0 Å². The van der Waals surface area contributed by atoms with Gasteiger partial charge in [0, 0.05) is 32.9 Å². The minimum Gasteiger partial charge on any atom is -0.341 e. The third-order valence-electron chi connectivity index (χ3n) is 6.10. The average Bonchev–Trinajstić information content (AvgIpc) is 2.83. The number of sulfonamides is 1. The third-order valence-corrected chi connectivity index (χ3v) is 8.92. The van der Waals surface area contributed by atoms with Crippen LogP contribution in [0.2, 0.25) is 0 Å². The van der Waals surface area contributed by atoms with Gasteiger partial charge in [-0.15, -0.1) is 0 Å². The molecule has 1 aliphatic rings. The van der Waals surface area contributed by atoms with Crippen molar-refractivity contribution in [3.05, 3.63) is 53.7 Å². The number of thioether (sulfide) groups is 1. The van der Waals surface area contributed by atoms with Gasteiger partial charge in [-0.3, -0.25) is 4.79 Å². The fraction of sp³-hybridized carbons (Fsp3) is 0.500. The molecule has 0 radical (unpaired) electrons. The zero-order valence-electron chi connectivity index (χ0n) is 19.2. The maximum absolute atomic E-state index is 12.9. The Morgan fingerprint density at radius 3 is 2.28 bits per heavy atom. The summed E-state index contributed by atoms with van der Waals surface area (Å²) in [6.45, 7) is 2.68. The van der Waals surface area contributed by atoms with Crippen molar-refractivity contribution in [2.24, 2.45) is 0 Å². The van der Waals surface area contributed by atoms with E-state index in [9.17, 15) is 13.2 Å². The number of aryl methyl sites for hydroxylation is 1. The van der Waals surface area contributed by atoms with E-state index in [1.165, 1.54) is 34.2 Å². The Bertz CT molecular complexity index is 986. The van der Waals surface area contributed by atoms with Crippen LogP contribution in [0.3, 0.4) is 0 Å². The van der Waals surface area contributed by atoms with Gasteiger partial charge in [0.05, 0.1) is 10.8 Å². The molecule has 32 heavy (non-hydrogen) atoms. The Morgan fingerprint density at radius 2 is 1.69 bits per heavy atom. The number of amides is 1. The molecule has 1 amide bonds. The second kappa shape index (κ2) is 11.3. The molecule has 0 aliphatic heterocycles. The summed E-state index contributed by atoms with van der Waals surface area (Å²) in [5, 5.41) is 0.637. The van der Waals surface area contributed by atoms with E-state index >= 15 is 0 Å². The molecule has 1 aromatic heterocycles. The van der Waals surface area contributed by atoms with Crippen molar-refractivity contribution in [3.8, 4) is 0 Å². The van der Waals surface area contributed by atoms with Gasteiger partial charge in [-0.05, 0) is 42.5 Å². The van der Waals surface area contributed by atoms with Gasteiger partial charge in [-0.1, -0.05) is 62.2 Å². The highest BCUT2D eigenvalue weighted by Crippen LogP contribution is 2.27. The molecule has 2 aromatic rings. The summed E-state index contributed by atoms with van der Waals surface area (Å²) in [4.78, 5) is 18.7. The van der Waals surface area contributed by atoms with Crippen molar-refractivity contribution >= 4 is 27.7 Å². The maximum atomic E-state index is 12.9. The predicted octanol–water partition coefficient (Wildman–Crippen LogP) is 4.35. The monoisotopic (exact) mass is 475 g/mol. The van der Waals surface area contributed by atoms with Crippen LogP contribution in [0, 0.1) is 0 Å². The summed E-state index contributed by atoms with van der Waals surface area (Å²) in [7, 11) is -0.0960. The molecule has 0 spiro atoms. The van der Waals surface area contributed by atoms with Crippen LogP contribution in [-0.2, 0) is 27.8 Å². The van der Waals surface area contributed by atoms with E-state index in [0.29, 0.717) is 11.6 Å². The Labute approximate surface area is 196 Å². The van der Waals surface area contributed by atoms with Gasteiger partial charge in [0.25, 0.3) is 0 Å². The second-order valence-corrected chi connectivity index (χ2v) is 11.3. The zero-order chi connectivity index (χ0) is 23.1. The number of benzene rings is 1. The summed E-state index contributed by atoms with van der Waals surface area (Å²) in [6.07, 6.45) is 7.55. The number of carbonyl (C=O) groups excluding carboxylic acids is 1. The third kappa shape index (κ3) is 6.33. The van der Waals surface area contributed by atoms with Crippen LogP contribution < -0.4 is 0 Å². The van der Waals surface area contributed by atoms with Crippen LogP contribution >= 0.6 is 11.8 Å². The largest absolute Gasteiger partial charge is 0.341 e. The van der Waals surface area contributed by atoms with Gasteiger partial charge < -0.3 is 4.90 Å². The fourth-order valence-corrected chi connectivity index (χ4v) is 6.05.